The lowest BCUT2D eigenvalue weighted by atomic mass is 10.1. The maximum absolute atomic E-state index is 12.2. The average molecular weight is 312 g/mol. The first-order chi connectivity index (χ1) is 9.77. The zero-order chi connectivity index (χ0) is 16.2. The summed E-state index contributed by atoms with van der Waals surface area (Å²) in [7, 11) is 0. The third-order valence-electron chi connectivity index (χ3n) is 2.86. The minimum absolute atomic E-state index is 0.178. The molecule has 1 aromatic rings. The Morgan fingerprint density at radius 1 is 1.24 bits per heavy atom. The third kappa shape index (κ3) is 4.29. The summed E-state index contributed by atoms with van der Waals surface area (Å²) in [6, 6.07) is 0. The molecule has 3 amide bonds. The maximum Gasteiger partial charge on any atom is 0.414 e. The number of hydrogen-bond donors (Lipinski definition) is 2. The van der Waals surface area contributed by atoms with Crippen molar-refractivity contribution in [3.8, 4) is 0 Å². The number of aryl methyl sites for hydroxylation is 1. The van der Waals surface area contributed by atoms with Crippen LogP contribution in [-0.4, -0.2) is 24.5 Å². The molecule has 7 heteroatoms. The van der Waals surface area contributed by atoms with Gasteiger partial charge in [-0.3, -0.25) is 14.9 Å². The van der Waals surface area contributed by atoms with Crippen LogP contribution in [-0.2, 0) is 9.53 Å². The molecule has 0 radical (unpaired) electrons. The van der Waals surface area contributed by atoms with Gasteiger partial charge in [0.15, 0.2) is 0 Å². The lowest BCUT2D eigenvalue weighted by Crippen LogP contribution is -2.32. The molecule has 0 aromatic carbocycles. The molecule has 1 rings (SSSR count). The fourth-order valence-electron chi connectivity index (χ4n) is 1.57. The zero-order valence-electron chi connectivity index (χ0n) is 12.8. The molecule has 0 unspecified atom stereocenters. The summed E-state index contributed by atoms with van der Waals surface area (Å²) in [5.41, 5.74) is 1.04. The number of nitrogens with one attached hydrogen (secondary N) is 2. The quantitative estimate of drug-likeness (QED) is 0.895. The highest BCUT2D eigenvalue weighted by Gasteiger charge is 2.23. The van der Waals surface area contributed by atoms with Crippen LogP contribution in [0.1, 0.15) is 41.6 Å². The van der Waals surface area contributed by atoms with E-state index in [-0.39, 0.29) is 18.4 Å². The van der Waals surface area contributed by atoms with E-state index >= 15 is 0 Å². The molecule has 0 bridgehead atoms. The van der Waals surface area contributed by atoms with Gasteiger partial charge in [0.25, 0.3) is 5.91 Å². The average Bonchev–Trinajstić information content (AvgIpc) is 2.64. The standard InChI is InChI=1S/C14H20N2O4S/c1-6-20-14(19)16-12(18)10-8(4)9(5)21-13(10)15-11(17)7(2)3/h7H,6H2,1-5H3,(H,15,17)(H,16,18,19). The molecule has 0 aliphatic heterocycles. The van der Waals surface area contributed by atoms with Crippen molar-refractivity contribution in [2.75, 3.05) is 11.9 Å². The van der Waals surface area contributed by atoms with Crippen LogP contribution in [0.5, 0.6) is 0 Å². The van der Waals surface area contributed by atoms with Gasteiger partial charge in [-0.1, -0.05) is 13.8 Å². The van der Waals surface area contributed by atoms with Crippen LogP contribution in [0, 0.1) is 19.8 Å². The van der Waals surface area contributed by atoms with Crippen molar-refractivity contribution in [2.45, 2.75) is 34.6 Å². The normalized spacial score (nSPS) is 10.4. The van der Waals surface area contributed by atoms with Crippen LogP contribution in [0.2, 0.25) is 0 Å². The van der Waals surface area contributed by atoms with Gasteiger partial charge < -0.3 is 10.1 Å². The van der Waals surface area contributed by atoms with Gasteiger partial charge >= 0.3 is 6.09 Å². The van der Waals surface area contributed by atoms with E-state index in [0.29, 0.717) is 10.6 Å². The number of ether oxygens (including phenoxy) is 1. The summed E-state index contributed by atoms with van der Waals surface area (Å²) in [5, 5.41) is 5.32. The summed E-state index contributed by atoms with van der Waals surface area (Å²) in [6.45, 7) is 8.99. The molecule has 1 aromatic heterocycles. The number of thiophene rings is 1. The van der Waals surface area contributed by atoms with Crippen molar-refractivity contribution in [1.29, 1.82) is 0 Å². The number of rotatable bonds is 4. The van der Waals surface area contributed by atoms with E-state index in [9.17, 15) is 14.4 Å². The highest BCUT2D eigenvalue weighted by atomic mass is 32.1. The molecule has 0 fully saturated rings. The molecule has 0 spiro atoms. The molecular weight excluding hydrogens is 292 g/mol. The summed E-state index contributed by atoms with van der Waals surface area (Å²) in [4.78, 5) is 36.2. The van der Waals surface area contributed by atoms with Gasteiger partial charge in [0.2, 0.25) is 5.91 Å². The van der Waals surface area contributed by atoms with Gasteiger partial charge in [-0.15, -0.1) is 11.3 Å². The monoisotopic (exact) mass is 312 g/mol. The Morgan fingerprint density at radius 2 is 1.86 bits per heavy atom. The Bertz CT molecular complexity index is 564. The second-order valence-corrected chi connectivity index (χ2v) is 6.03. The lowest BCUT2D eigenvalue weighted by molar-refractivity contribution is -0.118. The predicted octanol–water partition coefficient (Wildman–Crippen LogP) is 2.85. The molecule has 1 heterocycles. The van der Waals surface area contributed by atoms with E-state index in [1.54, 1.807) is 27.7 Å². The zero-order valence-corrected chi connectivity index (χ0v) is 13.6. The highest BCUT2D eigenvalue weighted by molar-refractivity contribution is 7.16. The Balaban J connectivity index is 3.02. The minimum atomic E-state index is -0.799. The highest BCUT2D eigenvalue weighted by Crippen LogP contribution is 2.32. The van der Waals surface area contributed by atoms with Gasteiger partial charge in [-0.25, -0.2) is 4.79 Å². The first kappa shape index (κ1) is 17.2. The summed E-state index contributed by atoms with van der Waals surface area (Å²) in [6.07, 6.45) is -0.799. The van der Waals surface area contributed by atoms with Crippen LogP contribution in [0.4, 0.5) is 9.80 Å². The number of alkyl carbamates (subject to hydrolysis) is 1. The van der Waals surface area contributed by atoms with E-state index in [2.05, 4.69) is 15.4 Å². The number of hydrogen-bond acceptors (Lipinski definition) is 5. The molecule has 116 valence electrons. The van der Waals surface area contributed by atoms with Crippen LogP contribution in [0.3, 0.4) is 0 Å². The van der Waals surface area contributed by atoms with Gasteiger partial charge in [0, 0.05) is 10.8 Å². The fraction of sp³-hybridized carbons (Fsp3) is 0.500. The molecular formula is C14H20N2O4S. The molecule has 21 heavy (non-hydrogen) atoms. The van der Waals surface area contributed by atoms with Crippen molar-refractivity contribution < 1.29 is 19.1 Å². The lowest BCUT2D eigenvalue weighted by Gasteiger charge is -2.09. The second kappa shape index (κ2) is 7.21. The molecule has 0 aliphatic rings. The fourth-order valence-corrected chi connectivity index (χ4v) is 2.63. The first-order valence-corrected chi connectivity index (χ1v) is 7.48. The molecule has 0 atom stereocenters. The summed E-state index contributed by atoms with van der Waals surface area (Å²) in [5.74, 6) is -0.954. The Kier molecular flexibility index (Phi) is 5.90. The van der Waals surface area contributed by atoms with Crippen molar-refractivity contribution in [1.82, 2.24) is 5.32 Å². The van der Waals surface area contributed by atoms with Crippen LogP contribution in [0.15, 0.2) is 0 Å². The van der Waals surface area contributed by atoms with Crippen molar-refractivity contribution in [3.05, 3.63) is 16.0 Å². The third-order valence-corrected chi connectivity index (χ3v) is 3.99. The van der Waals surface area contributed by atoms with E-state index in [1.165, 1.54) is 11.3 Å². The Labute approximate surface area is 127 Å². The number of amides is 3. The summed E-state index contributed by atoms with van der Waals surface area (Å²) < 4.78 is 4.69. The number of anilines is 1. The number of carbonyl (C=O) groups is 3. The minimum Gasteiger partial charge on any atom is -0.450 e. The number of carbonyl (C=O) groups excluding carboxylic acids is 3. The smallest absolute Gasteiger partial charge is 0.414 e. The van der Waals surface area contributed by atoms with Crippen molar-refractivity contribution in [2.24, 2.45) is 5.92 Å². The SMILES string of the molecule is CCOC(=O)NC(=O)c1c(NC(=O)C(C)C)sc(C)c1C. The van der Waals surface area contributed by atoms with E-state index in [0.717, 1.165) is 10.4 Å². The van der Waals surface area contributed by atoms with Gasteiger partial charge in [-0.05, 0) is 26.3 Å². The number of imide groups is 1. The Hall–Kier alpha value is -1.89. The predicted molar refractivity (Wildman–Crippen MR) is 81.7 cm³/mol. The molecule has 0 aliphatic carbocycles. The van der Waals surface area contributed by atoms with E-state index in [4.69, 9.17) is 0 Å². The largest absolute Gasteiger partial charge is 0.450 e. The van der Waals surface area contributed by atoms with Gasteiger partial charge in [-0.2, -0.15) is 0 Å². The summed E-state index contributed by atoms with van der Waals surface area (Å²) >= 11 is 1.31. The second-order valence-electron chi connectivity index (χ2n) is 4.81. The molecule has 0 saturated carbocycles. The topological polar surface area (TPSA) is 84.5 Å². The van der Waals surface area contributed by atoms with Crippen molar-refractivity contribution >= 4 is 34.2 Å². The van der Waals surface area contributed by atoms with Crippen LogP contribution < -0.4 is 10.6 Å². The van der Waals surface area contributed by atoms with Crippen LogP contribution >= 0.6 is 11.3 Å². The maximum atomic E-state index is 12.2. The molecule has 2 N–H and O–H groups in total. The van der Waals surface area contributed by atoms with Gasteiger partial charge in [0.1, 0.15) is 5.00 Å². The van der Waals surface area contributed by atoms with Gasteiger partial charge in [0.05, 0.1) is 12.2 Å². The Morgan fingerprint density at radius 3 is 2.38 bits per heavy atom. The van der Waals surface area contributed by atoms with E-state index < -0.39 is 12.0 Å². The molecule has 0 saturated heterocycles. The molecule has 6 nitrogen and oxygen atoms in total. The van der Waals surface area contributed by atoms with Crippen LogP contribution in [0.25, 0.3) is 0 Å². The van der Waals surface area contributed by atoms with E-state index in [1.807, 2.05) is 6.92 Å². The van der Waals surface area contributed by atoms with Crippen molar-refractivity contribution in [3.63, 3.8) is 0 Å². The first-order valence-electron chi connectivity index (χ1n) is 6.66.